The molecule has 4 heteroatoms. The van der Waals surface area contributed by atoms with Gasteiger partial charge in [-0.3, -0.25) is 4.90 Å². The Labute approximate surface area is 110 Å². The summed E-state index contributed by atoms with van der Waals surface area (Å²) in [7, 11) is 0. The molecule has 2 atom stereocenters. The summed E-state index contributed by atoms with van der Waals surface area (Å²) in [5.41, 5.74) is 6.73. The summed E-state index contributed by atoms with van der Waals surface area (Å²) < 4.78 is 14.5. The topological polar surface area (TPSA) is 29.3 Å². The average Bonchev–Trinajstić information content (AvgIpc) is 2.28. The first-order chi connectivity index (χ1) is 8.08. The molecule has 2 nitrogen and oxygen atoms in total. The highest BCUT2D eigenvalue weighted by Crippen LogP contribution is 2.24. The van der Waals surface area contributed by atoms with E-state index in [1.54, 1.807) is 6.07 Å². The minimum Gasteiger partial charge on any atom is -0.327 e. The van der Waals surface area contributed by atoms with E-state index in [9.17, 15) is 4.39 Å². The first kappa shape index (κ1) is 13.0. The molecule has 2 rings (SSSR count). The monoisotopic (exact) mass is 300 g/mol. The van der Waals surface area contributed by atoms with E-state index >= 15 is 0 Å². The van der Waals surface area contributed by atoms with Gasteiger partial charge in [0.25, 0.3) is 0 Å². The van der Waals surface area contributed by atoms with Crippen molar-refractivity contribution in [2.24, 2.45) is 11.7 Å². The molecule has 0 aromatic heterocycles. The zero-order chi connectivity index (χ0) is 12.4. The first-order valence-corrected chi connectivity index (χ1v) is 6.78. The molecular formula is C13H18BrFN2. The molecule has 0 aliphatic carbocycles. The molecule has 2 unspecified atom stereocenters. The molecule has 1 fully saturated rings. The number of hydrogen-bond acceptors (Lipinski definition) is 2. The van der Waals surface area contributed by atoms with Crippen LogP contribution in [0.3, 0.4) is 0 Å². The molecule has 1 saturated heterocycles. The third-order valence-electron chi connectivity index (χ3n) is 3.50. The Hall–Kier alpha value is -0.450. The number of hydrogen-bond donors (Lipinski definition) is 1. The summed E-state index contributed by atoms with van der Waals surface area (Å²) in [4.78, 5) is 2.28. The Morgan fingerprint density at radius 1 is 1.53 bits per heavy atom. The van der Waals surface area contributed by atoms with Gasteiger partial charge in [0.15, 0.2) is 0 Å². The van der Waals surface area contributed by atoms with Crippen LogP contribution in [0.4, 0.5) is 4.39 Å². The van der Waals surface area contributed by atoms with Crippen molar-refractivity contribution in [2.75, 3.05) is 13.1 Å². The third kappa shape index (κ3) is 3.06. The second-order valence-corrected chi connectivity index (χ2v) is 5.72. The molecule has 1 aliphatic rings. The van der Waals surface area contributed by atoms with Crippen LogP contribution in [0.25, 0.3) is 0 Å². The number of nitrogens with two attached hydrogens (primary N) is 1. The highest BCUT2D eigenvalue weighted by Gasteiger charge is 2.24. The van der Waals surface area contributed by atoms with Crippen molar-refractivity contribution in [1.29, 1.82) is 0 Å². The summed E-state index contributed by atoms with van der Waals surface area (Å²) >= 11 is 3.41. The highest BCUT2D eigenvalue weighted by atomic mass is 79.9. The van der Waals surface area contributed by atoms with Crippen molar-refractivity contribution < 1.29 is 4.39 Å². The standard InChI is InChI=1S/C13H18BrFN2/c1-9-7-17(6-5-13(9)16)8-10-11(14)3-2-4-12(10)15/h2-4,9,13H,5-8,16H2,1H3. The van der Waals surface area contributed by atoms with Gasteiger partial charge in [-0.2, -0.15) is 0 Å². The smallest absolute Gasteiger partial charge is 0.128 e. The van der Waals surface area contributed by atoms with Gasteiger partial charge in [0, 0.05) is 29.2 Å². The summed E-state index contributed by atoms with van der Waals surface area (Å²) in [6.45, 7) is 4.71. The number of likely N-dealkylation sites (tertiary alicyclic amines) is 1. The Kier molecular flexibility index (Phi) is 4.17. The van der Waals surface area contributed by atoms with E-state index in [1.165, 1.54) is 6.07 Å². The first-order valence-electron chi connectivity index (χ1n) is 5.98. The maximum atomic E-state index is 13.7. The van der Waals surface area contributed by atoms with Gasteiger partial charge in [-0.05, 0) is 31.0 Å². The zero-order valence-corrected chi connectivity index (χ0v) is 11.6. The quantitative estimate of drug-likeness (QED) is 0.910. The lowest BCUT2D eigenvalue weighted by atomic mass is 9.94. The maximum absolute atomic E-state index is 13.7. The van der Waals surface area contributed by atoms with Crippen LogP contribution in [-0.4, -0.2) is 24.0 Å². The lowest BCUT2D eigenvalue weighted by molar-refractivity contribution is 0.156. The fraction of sp³-hybridized carbons (Fsp3) is 0.538. The lowest BCUT2D eigenvalue weighted by Gasteiger charge is -2.35. The van der Waals surface area contributed by atoms with E-state index in [0.29, 0.717) is 12.5 Å². The number of nitrogens with zero attached hydrogens (tertiary/aromatic N) is 1. The van der Waals surface area contributed by atoms with Gasteiger partial charge >= 0.3 is 0 Å². The van der Waals surface area contributed by atoms with Crippen molar-refractivity contribution in [3.8, 4) is 0 Å². The predicted octanol–water partition coefficient (Wildman–Crippen LogP) is 2.76. The van der Waals surface area contributed by atoms with Gasteiger partial charge in [0.2, 0.25) is 0 Å². The average molecular weight is 301 g/mol. The summed E-state index contributed by atoms with van der Waals surface area (Å²) in [5.74, 6) is 0.344. The molecule has 0 spiro atoms. The minimum absolute atomic E-state index is 0.137. The molecule has 0 bridgehead atoms. The van der Waals surface area contributed by atoms with Crippen molar-refractivity contribution in [1.82, 2.24) is 4.90 Å². The Morgan fingerprint density at radius 3 is 2.94 bits per heavy atom. The number of piperidine rings is 1. The second-order valence-electron chi connectivity index (χ2n) is 4.87. The molecule has 1 aromatic rings. The SMILES string of the molecule is CC1CN(Cc2c(F)cccc2Br)CCC1N. The van der Waals surface area contributed by atoms with Gasteiger partial charge in [0.1, 0.15) is 5.82 Å². The normalized spacial score (nSPS) is 26.1. The fourth-order valence-corrected chi connectivity index (χ4v) is 2.77. The van der Waals surface area contributed by atoms with Crippen molar-refractivity contribution in [3.05, 3.63) is 34.1 Å². The zero-order valence-electron chi connectivity index (χ0n) is 10.00. The van der Waals surface area contributed by atoms with Crippen molar-refractivity contribution >= 4 is 15.9 Å². The van der Waals surface area contributed by atoms with E-state index in [4.69, 9.17) is 5.73 Å². The van der Waals surface area contributed by atoms with E-state index in [-0.39, 0.29) is 11.9 Å². The van der Waals surface area contributed by atoms with E-state index in [2.05, 4.69) is 27.8 Å². The largest absolute Gasteiger partial charge is 0.327 e. The summed E-state index contributed by atoms with van der Waals surface area (Å²) in [5, 5.41) is 0. The van der Waals surface area contributed by atoms with Gasteiger partial charge in [0.05, 0.1) is 0 Å². The van der Waals surface area contributed by atoms with Crippen LogP contribution in [-0.2, 0) is 6.54 Å². The van der Waals surface area contributed by atoms with Gasteiger partial charge in [-0.15, -0.1) is 0 Å². The highest BCUT2D eigenvalue weighted by molar-refractivity contribution is 9.10. The molecule has 1 aromatic carbocycles. The number of halogens is 2. The summed E-state index contributed by atoms with van der Waals surface area (Å²) in [6.07, 6.45) is 0.993. The predicted molar refractivity (Wildman–Crippen MR) is 71.1 cm³/mol. The molecule has 0 amide bonds. The Bertz CT molecular complexity index is 377. The van der Waals surface area contributed by atoms with Crippen LogP contribution in [0.5, 0.6) is 0 Å². The number of rotatable bonds is 2. The second kappa shape index (κ2) is 5.46. The van der Waals surface area contributed by atoms with Crippen molar-refractivity contribution in [2.45, 2.75) is 25.9 Å². The summed E-state index contributed by atoms with van der Waals surface area (Å²) in [6, 6.07) is 5.41. The fourth-order valence-electron chi connectivity index (χ4n) is 2.30. The molecule has 17 heavy (non-hydrogen) atoms. The third-order valence-corrected chi connectivity index (χ3v) is 4.24. The van der Waals surface area contributed by atoms with E-state index < -0.39 is 0 Å². The van der Waals surface area contributed by atoms with E-state index in [0.717, 1.165) is 29.5 Å². The maximum Gasteiger partial charge on any atom is 0.128 e. The molecule has 94 valence electrons. The lowest BCUT2D eigenvalue weighted by Crippen LogP contribution is -2.45. The van der Waals surface area contributed by atoms with Crippen LogP contribution >= 0.6 is 15.9 Å². The molecule has 2 N–H and O–H groups in total. The van der Waals surface area contributed by atoms with E-state index in [1.807, 2.05) is 6.07 Å². The van der Waals surface area contributed by atoms with Gasteiger partial charge in [-0.25, -0.2) is 4.39 Å². The van der Waals surface area contributed by atoms with Gasteiger partial charge in [-0.1, -0.05) is 28.9 Å². The Morgan fingerprint density at radius 2 is 2.29 bits per heavy atom. The minimum atomic E-state index is -0.137. The van der Waals surface area contributed by atoms with Crippen LogP contribution in [0, 0.1) is 11.7 Å². The van der Waals surface area contributed by atoms with Crippen LogP contribution in [0.2, 0.25) is 0 Å². The number of benzene rings is 1. The molecular weight excluding hydrogens is 283 g/mol. The Balaban J connectivity index is 2.06. The van der Waals surface area contributed by atoms with Crippen LogP contribution < -0.4 is 5.73 Å². The molecule has 0 radical (unpaired) electrons. The van der Waals surface area contributed by atoms with Crippen LogP contribution in [0.15, 0.2) is 22.7 Å². The molecule has 1 heterocycles. The van der Waals surface area contributed by atoms with Crippen LogP contribution in [0.1, 0.15) is 18.9 Å². The van der Waals surface area contributed by atoms with Gasteiger partial charge < -0.3 is 5.73 Å². The molecule has 0 saturated carbocycles. The molecule has 1 aliphatic heterocycles. The van der Waals surface area contributed by atoms with Crippen molar-refractivity contribution in [3.63, 3.8) is 0 Å².